The lowest BCUT2D eigenvalue weighted by Crippen LogP contribution is -2.64. The minimum atomic E-state index is -0.215. The van der Waals surface area contributed by atoms with Crippen molar-refractivity contribution in [2.75, 3.05) is 50.6 Å². The number of carbonyl (C=O) groups excluding carboxylic acids is 2. The molecule has 2 aliphatic heterocycles. The largest absolute Gasteiger partial charge is 0.497 e. The highest BCUT2D eigenvalue weighted by atomic mass is 32.1. The SMILES string of the molecule is COc1ccc(NC(=O)N2CCC3(C2)CN(c2ccsc2)C(=O)CN3C)cc1. The molecule has 148 valence electrons. The highest BCUT2D eigenvalue weighted by molar-refractivity contribution is 7.08. The van der Waals surface area contributed by atoms with Crippen molar-refractivity contribution in [3.8, 4) is 5.75 Å². The number of piperazine rings is 1. The fraction of sp³-hybridized carbons (Fsp3) is 0.400. The quantitative estimate of drug-likeness (QED) is 0.860. The van der Waals surface area contributed by atoms with Crippen LogP contribution in [0.1, 0.15) is 6.42 Å². The van der Waals surface area contributed by atoms with Gasteiger partial charge < -0.3 is 19.9 Å². The molecule has 3 amide bonds. The second-order valence-electron chi connectivity index (χ2n) is 7.37. The number of hydrogen-bond acceptors (Lipinski definition) is 5. The van der Waals surface area contributed by atoms with Crippen molar-refractivity contribution in [2.45, 2.75) is 12.0 Å². The van der Waals surface area contributed by atoms with Crippen molar-refractivity contribution >= 4 is 34.6 Å². The Kier molecular flexibility index (Phi) is 4.99. The maximum atomic E-state index is 12.8. The summed E-state index contributed by atoms with van der Waals surface area (Å²) in [5, 5.41) is 6.94. The molecule has 2 fully saturated rings. The van der Waals surface area contributed by atoms with Crippen LogP contribution in [0.25, 0.3) is 0 Å². The number of likely N-dealkylation sites (tertiary alicyclic amines) is 1. The van der Waals surface area contributed by atoms with E-state index in [0.29, 0.717) is 26.2 Å². The van der Waals surface area contributed by atoms with E-state index in [2.05, 4.69) is 10.2 Å². The number of benzene rings is 1. The van der Waals surface area contributed by atoms with E-state index >= 15 is 0 Å². The van der Waals surface area contributed by atoms with Crippen molar-refractivity contribution in [1.29, 1.82) is 0 Å². The Balaban J connectivity index is 1.45. The first-order valence-corrected chi connectivity index (χ1v) is 10.2. The lowest BCUT2D eigenvalue weighted by Gasteiger charge is -2.46. The van der Waals surface area contributed by atoms with Crippen LogP contribution in [-0.4, -0.2) is 67.6 Å². The smallest absolute Gasteiger partial charge is 0.321 e. The predicted octanol–water partition coefficient (Wildman–Crippen LogP) is 2.71. The summed E-state index contributed by atoms with van der Waals surface area (Å²) in [6, 6.07) is 9.15. The molecule has 7 nitrogen and oxygen atoms in total. The molecule has 1 spiro atoms. The van der Waals surface area contributed by atoms with Gasteiger partial charge in [-0.15, -0.1) is 0 Å². The van der Waals surface area contributed by atoms with Gasteiger partial charge >= 0.3 is 6.03 Å². The average Bonchev–Trinajstić information content (AvgIpc) is 3.36. The maximum absolute atomic E-state index is 12.8. The number of amides is 3. The predicted molar refractivity (Wildman–Crippen MR) is 110 cm³/mol. The van der Waals surface area contributed by atoms with Gasteiger partial charge in [0.05, 0.1) is 24.9 Å². The van der Waals surface area contributed by atoms with Crippen LogP contribution in [0.5, 0.6) is 5.75 Å². The third kappa shape index (κ3) is 3.45. The molecule has 1 atom stereocenters. The first-order valence-electron chi connectivity index (χ1n) is 9.24. The molecule has 4 rings (SSSR count). The summed E-state index contributed by atoms with van der Waals surface area (Å²) in [5.74, 6) is 0.854. The standard InChI is InChI=1S/C20H24N4O3S/c1-22-11-18(25)24(16-7-10-28-12-16)14-20(22)8-9-23(13-20)19(26)21-15-3-5-17(27-2)6-4-15/h3-7,10,12H,8-9,11,13-14H2,1-2H3,(H,21,26). The summed E-state index contributed by atoms with van der Waals surface area (Å²) in [6.07, 6.45) is 0.841. The summed E-state index contributed by atoms with van der Waals surface area (Å²) < 4.78 is 5.15. The van der Waals surface area contributed by atoms with E-state index < -0.39 is 0 Å². The molecule has 0 saturated carbocycles. The highest BCUT2D eigenvalue weighted by Crippen LogP contribution is 2.34. The monoisotopic (exact) mass is 400 g/mol. The van der Waals surface area contributed by atoms with Crippen molar-refractivity contribution in [2.24, 2.45) is 0 Å². The Morgan fingerprint density at radius 2 is 2.00 bits per heavy atom. The van der Waals surface area contributed by atoms with E-state index in [4.69, 9.17) is 4.74 Å². The molecule has 3 heterocycles. The number of nitrogens with zero attached hydrogens (tertiary/aromatic N) is 3. The van der Waals surface area contributed by atoms with Crippen LogP contribution in [0, 0.1) is 0 Å². The third-order valence-corrected chi connectivity index (χ3v) is 6.39. The fourth-order valence-corrected chi connectivity index (χ4v) is 4.59. The third-order valence-electron chi connectivity index (χ3n) is 5.71. The molecule has 1 aromatic carbocycles. The number of ether oxygens (including phenoxy) is 1. The lowest BCUT2D eigenvalue weighted by atomic mass is 9.93. The number of likely N-dealkylation sites (N-methyl/N-ethyl adjacent to an activating group) is 1. The van der Waals surface area contributed by atoms with Gasteiger partial charge in [0, 0.05) is 30.7 Å². The van der Waals surface area contributed by atoms with Gasteiger partial charge in [0.2, 0.25) is 5.91 Å². The number of rotatable bonds is 3. The molecule has 0 bridgehead atoms. The number of hydrogen-bond donors (Lipinski definition) is 1. The lowest BCUT2D eigenvalue weighted by molar-refractivity contribution is -0.123. The molecule has 2 aliphatic rings. The summed E-state index contributed by atoms with van der Waals surface area (Å²) in [6.45, 7) is 2.23. The first-order chi connectivity index (χ1) is 13.5. The topological polar surface area (TPSA) is 65.1 Å². The molecule has 1 unspecified atom stereocenters. The molecular formula is C20H24N4O3S. The zero-order chi connectivity index (χ0) is 19.7. The molecule has 28 heavy (non-hydrogen) atoms. The minimum Gasteiger partial charge on any atom is -0.497 e. The highest BCUT2D eigenvalue weighted by Gasteiger charge is 2.48. The molecule has 8 heteroatoms. The second-order valence-corrected chi connectivity index (χ2v) is 8.15. The van der Waals surface area contributed by atoms with Gasteiger partial charge in [-0.25, -0.2) is 4.79 Å². The Morgan fingerprint density at radius 3 is 2.68 bits per heavy atom. The van der Waals surface area contributed by atoms with E-state index in [0.717, 1.165) is 23.5 Å². The number of urea groups is 1. The molecule has 1 aromatic heterocycles. The first kappa shape index (κ1) is 18.8. The zero-order valence-corrected chi connectivity index (χ0v) is 16.9. The van der Waals surface area contributed by atoms with Crippen LogP contribution in [0.15, 0.2) is 41.1 Å². The fourth-order valence-electron chi connectivity index (χ4n) is 3.95. The molecule has 2 aromatic rings. The summed E-state index contributed by atoms with van der Waals surface area (Å²) in [5.41, 5.74) is 1.47. The molecule has 0 radical (unpaired) electrons. The van der Waals surface area contributed by atoms with E-state index in [-0.39, 0.29) is 17.5 Å². The van der Waals surface area contributed by atoms with Crippen LogP contribution in [0.2, 0.25) is 0 Å². The van der Waals surface area contributed by atoms with Gasteiger partial charge in [-0.05, 0) is 49.2 Å². The number of carbonyl (C=O) groups is 2. The molecular weight excluding hydrogens is 376 g/mol. The zero-order valence-electron chi connectivity index (χ0n) is 16.1. The van der Waals surface area contributed by atoms with Crippen LogP contribution >= 0.6 is 11.3 Å². The van der Waals surface area contributed by atoms with Gasteiger partial charge in [-0.2, -0.15) is 11.3 Å². The number of thiophene rings is 1. The Labute approximate surface area is 168 Å². The molecule has 2 saturated heterocycles. The van der Waals surface area contributed by atoms with Crippen LogP contribution in [-0.2, 0) is 4.79 Å². The van der Waals surface area contributed by atoms with Crippen molar-refractivity contribution in [1.82, 2.24) is 9.80 Å². The Bertz CT molecular complexity index is 855. The van der Waals surface area contributed by atoms with Gasteiger partial charge in [0.15, 0.2) is 0 Å². The van der Waals surface area contributed by atoms with Crippen LogP contribution < -0.4 is 15.0 Å². The van der Waals surface area contributed by atoms with Crippen molar-refractivity contribution in [3.05, 3.63) is 41.1 Å². The normalized spacial score (nSPS) is 22.7. The summed E-state index contributed by atoms with van der Waals surface area (Å²) in [7, 11) is 3.59. The van der Waals surface area contributed by atoms with Crippen molar-refractivity contribution in [3.63, 3.8) is 0 Å². The summed E-state index contributed by atoms with van der Waals surface area (Å²) in [4.78, 5) is 31.1. The Hall–Kier alpha value is -2.58. The van der Waals surface area contributed by atoms with E-state index in [1.54, 1.807) is 18.4 Å². The number of nitrogens with one attached hydrogen (secondary N) is 1. The van der Waals surface area contributed by atoms with Gasteiger partial charge in [-0.1, -0.05) is 0 Å². The van der Waals surface area contributed by atoms with Gasteiger partial charge in [-0.3, -0.25) is 9.69 Å². The van der Waals surface area contributed by atoms with Crippen molar-refractivity contribution < 1.29 is 14.3 Å². The minimum absolute atomic E-state index is 0.104. The van der Waals surface area contributed by atoms with Gasteiger partial charge in [0.25, 0.3) is 0 Å². The molecule has 0 aliphatic carbocycles. The number of methoxy groups -OCH3 is 1. The van der Waals surface area contributed by atoms with Crippen LogP contribution in [0.4, 0.5) is 16.2 Å². The van der Waals surface area contributed by atoms with E-state index in [1.165, 1.54) is 0 Å². The van der Waals surface area contributed by atoms with E-state index in [9.17, 15) is 9.59 Å². The Morgan fingerprint density at radius 1 is 1.21 bits per heavy atom. The second kappa shape index (κ2) is 7.44. The average molecular weight is 401 g/mol. The molecule has 1 N–H and O–H groups in total. The van der Waals surface area contributed by atoms with Crippen LogP contribution in [0.3, 0.4) is 0 Å². The van der Waals surface area contributed by atoms with Gasteiger partial charge in [0.1, 0.15) is 5.75 Å². The summed E-state index contributed by atoms with van der Waals surface area (Å²) >= 11 is 1.59. The number of anilines is 2. The van der Waals surface area contributed by atoms with E-state index in [1.807, 2.05) is 57.9 Å². The maximum Gasteiger partial charge on any atom is 0.321 e.